The first-order valence-corrected chi connectivity index (χ1v) is 9.26. The van der Waals surface area contributed by atoms with E-state index in [0.717, 1.165) is 4.90 Å². The van der Waals surface area contributed by atoms with Crippen molar-refractivity contribution in [2.24, 2.45) is 0 Å². The Kier molecular flexibility index (Phi) is 5.81. The zero-order chi connectivity index (χ0) is 22.0. The molecule has 156 valence electrons. The maximum absolute atomic E-state index is 12.5. The van der Waals surface area contributed by atoms with E-state index in [2.05, 4.69) is 4.98 Å². The summed E-state index contributed by atoms with van der Waals surface area (Å²) in [6, 6.07) is 6.25. The number of ether oxygens (including phenoxy) is 2. The molecule has 3 rings (SSSR count). The summed E-state index contributed by atoms with van der Waals surface area (Å²) in [6.45, 7) is 3.88. The maximum atomic E-state index is 12.5. The number of ketones is 1. The summed E-state index contributed by atoms with van der Waals surface area (Å²) >= 11 is 0. The van der Waals surface area contributed by atoms with Gasteiger partial charge in [-0.2, -0.15) is 0 Å². The van der Waals surface area contributed by atoms with Crippen molar-refractivity contribution < 1.29 is 33.4 Å². The van der Waals surface area contributed by atoms with Gasteiger partial charge in [-0.1, -0.05) is 12.1 Å². The number of Topliss-reactive ketones (excluding diaryl/α,β-unsaturated/α-hetero) is 1. The number of imide groups is 1. The van der Waals surface area contributed by atoms with Crippen LogP contribution in [0.1, 0.15) is 59.7 Å². The van der Waals surface area contributed by atoms with Crippen molar-refractivity contribution in [3.63, 3.8) is 0 Å². The van der Waals surface area contributed by atoms with Gasteiger partial charge in [0.1, 0.15) is 6.54 Å². The molecule has 0 saturated heterocycles. The number of carbonyl (C=O) groups excluding carboxylic acids is 5. The number of esters is 2. The number of hydrogen-bond donors (Lipinski definition) is 1. The second-order valence-corrected chi connectivity index (χ2v) is 6.67. The number of nitrogens with zero attached hydrogens (tertiary/aromatic N) is 1. The van der Waals surface area contributed by atoms with Gasteiger partial charge >= 0.3 is 11.9 Å². The predicted molar refractivity (Wildman–Crippen MR) is 103 cm³/mol. The fraction of sp³-hybridized carbons (Fsp3) is 0.286. The third-order valence-electron chi connectivity index (χ3n) is 4.73. The largest absolute Gasteiger partial charge is 0.462 e. The van der Waals surface area contributed by atoms with E-state index in [4.69, 9.17) is 9.47 Å². The highest BCUT2D eigenvalue weighted by Crippen LogP contribution is 2.22. The number of fused-ring (bicyclic) bond motifs is 1. The lowest BCUT2D eigenvalue weighted by molar-refractivity contribution is -0.142. The van der Waals surface area contributed by atoms with E-state index in [-0.39, 0.29) is 29.0 Å². The summed E-state index contributed by atoms with van der Waals surface area (Å²) in [7, 11) is 0. The molecule has 0 unspecified atom stereocenters. The molecule has 0 radical (unpaired) electrons. The summed E-state index contributed by atoms with van der Waals surface area (Å²) in [5.74, 6) is -3.18. The lowest BCUT2D eigenvalue weighted by Gasteiger charge is -2.12. The van der Waals surface area contributed by atoms with Gasteiger partial charge in [0.05, 0.1) is 29.0 Å². The Labute approximate surface area is 172 Å². The topological polar surface area (TPSA) is 123 Å². The van der Waals surface area contributed by atoms with Crippen molar-refractivity contribution in [2.45, 2.75) is 20.8 Å². The summed E-state index contributed by atoms with van der Waals surface area (Å²) < 4.78 is 9.93. The molecule has 0 bridgehead atoms. The van der Waals surface area contributed by atoms with Crippen molar-refractivity contribution in [2.75, 3.05) is 19.8 Å². The van der Waals surface area contributed by atoms with Crippen LogP contribution < -0.4 is 0 Å². The number of rotatable bonds is 7. The summed E-state index contributed by atoms with van der Waals surface area (Å²) in [4.78, 5) is 64.8. The number of carbonyl (C=O) groups is 5. The normalized spacial score (nSPS) is 12.7. The number of aromatic amines is 1. The Morgan fingerprint density at radius 1 is 1.00 bits per heavy atom. The van der Waals surface area contributed by atoms with Crippen molar-refractivity contribution >= 4 is 29.5 Å². The predicted octanol–water partition coefficient (Wildman–Crippen LogP) is 1.83. The first-order chi connectivity index (χ1) is 14.3. The molecule has 0 saturated carbocycles. The second-order valence-electron chi connectivity index (χ2n) is 6.67. The van der Waals surface area contributed by atoms with E-state index in [1.54, 1.807) is 32.9 Å². The highest BCUT2D eigenvalue weighted by Gasteiger charge is 2.36. The van der Waals surface area contributed by atoms with E-state index >= 15 is 0 Å². The lowest BCUT2D eigenvalue weighted by Crippen LogP contribution is -2.36. The molecule has 0 aliphatic carbocycles. The van der Waals surface area contributed by atoms with E-state index in [0.29, 0.717) is 11.3 Å². The number of aromatic nitrogens is 1. The number of hydrogen-bond acceptors (Lipinski definition) is 7. The van der Waals surface area contributed by atoms with Gasteiger partial charge < -0.3 is 14.5 Å². The van der Waals surface area contributed by atoms with E-state index in [1.807, 2.05) is 0 Å². The Balaban J connectivity index is 1.63. The molecular weight excluding hydrogens is 392 g/mol. The number of H-pyrrole nitrogens is 1. The van der Waals surface area contributed by atoms with E-state index in [9.17, 15) is 24.0 Å². The SMILES string of the molecule is CCOC(=O)c1c(C)[nH]c(C(=O)COC(=O)CN2C(=O)c3ccccc3C2=O)c1C. The van der Waals surface area contributed by atoms with Crippen LogP contribution in [-0.2, 0) is 14.3 Å². The highest BCUT2D eigenvalue weighted by molar-refractivity contribution is 6.22. The fourth-order valence-electron chi connectivity index (χ4n) is 3.31. The highest BCUT2D eigenvalue weighted by atomic mass is 16.5. The Morgan fingerprint density at radius 3 is 2.17 bits per heavy atom. The van der Waals surface area contributed by atoms with Crippen molar-refractivity contribution in [3.05, 3.63) is 57.9 Å². The molecule has 1 aliphatic heterocycles. The van der Waals surface area contributed by atoms with E-state index in [1.165, 1.54) is 12.1 Å². The molecule has 1 aromatic carbocycles. The Morgan fingerprint density at radius 2 is 1.60 bits per heavy atom. The third kappa shape index (κ3) is 3.73. The van der Waals surface area contributed by atoms with Crippen molar-refractivity contribution in [1.29, 1.82) is 0 Å². The van der Waals surface area contributed by atoms with Crippen molar-refractivity contribution in [1.82, 2.24) is 9.88 Å². The average Bonchev–Trinajstić information content (AvgIpc) is 3.15. The van der Waals surface area contributed by atoms with Gasteiger partial charge in [-0.15, -0.1) is 0 Å². The average molecular weight is 412 g/mol. The van der Waals surface area contributed by atoms with Crippen LogP contribution in [0.3, 0.4) is 0 Å². The molecule has 30 heavy (non-hydrogen) atoms. The molecule has 2 aromatic rings. The minimum absolute atomic E-state index is 0.129. The van der Waals surface area contributed by atoms with Gasteiger partial charge in [0.25, 0.3) is 11.8 Å². The van der Waals surface area contributed by atoms with Gasteiger partial charge in [0.2, 0.25) is 5.78 Å². The molecule has 0 atom stereocenters. The molecule has 2 amide bonds. The number of amides is 2. The minimum Gasteiger partial charge on any atom is -0.462 e. The molecule has 0 spiro atoms. The zero-order valence-corrected chi connectivity index (χ0v) is 16.7. The number of nitrogens with one attached hydrogen (secondary N) is 1. The molecule has 2 heterocycles. The van der Waals surface area contributed by atoms with Gasteiger partial charge in [0.15, 0.2) is 6.61 Å². The first kappa shape index (κ1) is 21.0. The zero-order valence-electron chi connectivity index (χ0n) is 16.7. The Hall–Kier alpha value is -3.75. The number of benzene rings is 1. The molecule has 0 fully saturated rings. The van der Waals surface area contributed by atoms with Crippen LogP contribution in [0.5, 0.6) is 0 Å². The third-order valence-corrected chi connectivity index (χ3v) is 4.73. The monoisotopic (exact) mass is 412 g/mol. The first-order valence-electron chi connectivity index (χ1n) is 9.26. The van der Waals surface area contributed by atoms with Gasteiger partial charge in [-0.3, -0.25) is 24.1 Å². The molecule has 1 aromatic heterocycles. The summed E-state index contributed by atoms with van der Waals surface area (Å²) in [5.41, 5.74) is 1.69. The van der Waals surface area contributed by atoms with Crippen LogP contribution in [0, 0.1) is 13.8 Å². The fourth-order valence-corrected chi connectivity index (χ4v) is 3.31. The second kappa shape index (κ2) is 8.32. The van der Waals surface area contributed by atoms with Gasteiger partial charge in [-0.25, -0.2) is 4.79 Å². The number of aryl methyl sites for hydroxylation is 1. The smallest absolute Gasteiger partial charge is 0.340 e. The minimum atomic E-state index is -0.899. The van der Waals surface area contributed by atoms with Crippen molar-refractivity contribution in [3.8, 4) is 0 Å². The van der Waals surface area contributed by atoms with Gasteiger partial charge in [-0.05, 0) is 38.5 Å². The summed E-state index contributed by atoms with van der Waals surface area (Å²) in [5, 5.41) is 0. The van der Waals surface area contributed by atoms with Crippen LogP contribution >= 0.6 is 0 Å². The molecule has 1 N–H and O–H groups in total. The molecule has 1 aliphatic rings. The van der Waals surface area contributed by atoms with E-state index < -0.39 is 42.7 Å². The van der Waals surface area contributed by atoms with Crippen LogP contribution in [0.4, 0.5) is 0 Å². The van der Waals surface area contributed by atoms with Crippen LogP contribution in [0.15, 0.2) is 24.3 Å². The Bertz CT molecular complexity index is 1030. The molecule has 9 nitrogen and oxygen atoms in total. The standard InChI is InChI=1S/C21H20N2O7/c1-4-29-21(28)17-11(2)18(22-12(17)3)15(24)10-30-16(25)9-23-19(26)13-7-5-6-8-14(13)20(23)27/h5-8,22H,4,9-10H2,1-3H3. The maximum Gasteiger partial charge on any atom is 0.340 e. The van der Waals surface area contributed by atoms with Crippen LogP contribution in [-0.4, -0.2) is 59.2 Å². The van der Waals surface area contributed by atoms with Gasteiger partial charge in [0, 0.05) is 5.69 Å². The summed E-state index contributed by atoms with van der Waals surface area (Å²) in [6.07, 6.45) is 0. The molecule has 9 heteroatoms. The quantitative estimate of drug-likeness (QED) is 0.418. The van der Waals surface area contributed by atoms with Crippen LogP contribution in [0.2, 0.25) is 0 Å². The molecular formula is C21H20N2O7. The lowest BCUT2D eigenvalue weighted by atomic mass is 10.1. The van der Waals surface area contributed by atoms with Crippen LogP contribution in [0.25, 0.3) is 0 Å².